The lowest BCUT2D eigenvalue weighted by molar-refractivity contribution is -0.147. The van der Waals surface area contributed by atoms with Crippen molar-refractivity contribution >= 4 is 17.5 Å². The summed E-state index contributed by atoms with van der Waals surface area (Å²) in [6.07, 6.45) is 7.56. The summed E-state index contributed by atoms with van der Waals surface area (Å²) in [6, 6.07) is 0. The van der Waals surface area contributed by atoms with Gasteiger partial charge in [0, 0.05) is 13.0 Å². The number of rotatable bonds is 0. The first-order valence-corrected chi connectivity index (χ1v) is 7.09. The number of carbonyl (C=O) groups excluding carboxylic acids is 1. The molecule has 0 bridgehead atoms. The fraction of sp³-hybridized carbons (Fsp3) is 0.917. The Kier molecular flexibility index (Phi) is 2.36. The largest absolute Gasteiger partial charge is 0.366 e. The van der Waals surface area contributed by atoms with Gasteiger partial charge in [-0.1, -0.05) is 0 Å². The van der Waals surface area contributed by atoms with E-state index >= 15 is 0 Å². The van der Waals surface area contributed by atoms with Gasteiger partial charge in [-0.2, -0.15) is 11.8 Å². The Morgan fingerprint density at radius 2 is 2.00 bits per heavy atom. The average Bonchev–Trinajstić information content (AvgIpc) is 2.84. The number of hydrogen-bond acceptors (Lipinski definition) is 3. The summed E-state index contributed by atoms with van der Waals surface area (Å²) in [5, 5.41) is 0. The molecule has 1 aliphatic carbocycles. The predicted octanol–water partition coefficient (Wildman–Crippen LogP) is 2.55. The van der Waals surface area contributed by atoms with Crippen molar-refractivity contribution < 1.29 is 9.53 Å². The van der Waals surface area contributed by atoms with Crippen LogP contribution < -0.4 is 0 Å². The molecule has 3 aliphatic rings. The van der Waals surface area contributed by atoms with E-state index in [1.54, 1.807) is 0 Å². The van der Waals surface area contributed by atoms with E-state index in [9.17, 15) is 4.79 Å². The van der Waals surface area contributed by atoms with Gasteiger partial charge in [0.25, 0.3) is 0 Å². The summed E-state index contributed by atoms with van der Waals surface area (Å²) in [7, 11) is 0. The summed E-state index contributed by atoms with van der Waals surface area (Å²) in [6.45, 7) is 0.800. The summed E-state index contributed by atoms with van der Waals surface area (Å²) in [5.74, 6) is 1.62. The molecule has 0 aromatic carbocycles. The third-order valence-electron chi connectivity index (χ3n) is 4.30. The Morgan fingerprint density at radius 3 is 2.67 bits per heavy atom. The first kappa shape index (κ1) is 10.2. The van der Waals surface area contributed by atoms with Gasteiger partial charge in [-0.3, -0.25) is 4.79 Å². The molecule has 2 heterocycles. The average molecular weight is 226 g/mol. The van der Waals surface area contributed by atoms with Gasteiger partial charge in [0.05, 0.1) is 4.75 Å². The van der Waals surface area contributed by atoms with Crippen LogP contribution in [0.25, 0.3) is 0 Å². The van der Waals surface area contributed by atoms with Crippen molar-refractivity contribution in [1.29, 1.82) is 0 Å². The minimum Gasteiger partial charge on any atom is -0.366 e. The monoisotopic (exact) mass is 226 g/mol. The fourth-order valence-corrected chi connectivity index (χ4v) is 5.39. The second kappa shape index (κ2) is 3.49. The van der Waals surface area contributed by atoms with E-state index in [-0.39, 0.29) is 10.3 Å². The third kappa shape index (κ3) is 1.26. The standard InChI is InChI=1S/C12H18O2S/c13-10-4-1-5-11(6-3-9-15-11)12(10)7-2-8-14-12/h1-9H2/t11-,12+/m1/s1. The van der Waals surface area contributed by atoms with E-state index in [0.717, 1.165) is 32.3 Å². The van der Waals surface area contributed by atoms with Gasteiger partial charge in [0.15, 0.2) is 5.78 Å². The highest BCUT2D eigenvalue weighted by Crippen LogP contribution is 2.57. The SMILES string of the molecule is O=C1CCC[C@@]2(CCCS2)[C@]12CCCO2. The Morgan fingerprint density at radius 1 is 1.13 bits per heavy atom. The van der Waals surface area contributed by atoms with Crippen LogP contribution in [-0.2, 0) is 9.53 Å². The Labute approximate surface area is 95.1 Å². The second-order valence-corrected chi connectivity index (χ2v) is 6.48. The van der Waals surface area contributed by atoms with Crippen molar-refractivity contribution in [2.45, 2.75) is 55.3 Å². The molecule has 0 radical (unpaired) electrons. The topological polar surface area (TPSA) is 26.3 Å². The van der Waals surface area contributed by atoms with Gasteiger partial charge in [0.1, 0.15) is 5.60 Å². The number of ether oxygens (including phenoxy) is 1. The number of carbonyl (C=O) groups is 1. The van der Waals surface area contributed by atoms with Crippen molar-refractivity contribution in [1.82, 2.24) is 0 Å². The molecular weight excluding hydrogens is 208 g/mol. The van der Waals surface area contributed by atoms with Crippen LogP contribution in [-0.4, -0.2) is 28.5 Å². The fourth-order valence-electron chi connectivity index (χ4n) is 3.62. The molecule has 2 atom stereocenters. The normalized spacial score (nSPS) is 45.7. The molecular formula is C12H18O2S. The Bertz CT molecular complexity index is 275. The number of fused-ring (bicyclic) bond motifs is 1. The van der Waals surface area contributed by atoms with Crippen molar-refractivity contribution in [2.24, 2.45) is 0 Å². The molecule has 3 fully saturated rings. The van der Waals surface area contributed by atoms with Crippen LogP contribution in [0.3, 0.4) is 0 Å². The third-order valence-corrected chi connectivity index (χ3v) is 6.08. The summed E-state index contributed by atoms with van der Waals surface area (Å²) in [5.41, 5.74) is -0.369. The zero-order valence-electron chi connectivity index (χ0n) is 9.09. The molecule has 2 saturated heterocycles. The zero-order valence-corrected chi connectivity index (χ0v) is 9.91. The van der Waals surface area contributed by atoms with Crippen LogP contribution >= 0.6 is 11.8 Å². The maximum atomic E-state index is 12.2. The molecule has 0 aromatic rings. The molecule has 15 heavy (non-hydrogen) atoms. The van der Waals surface area contributed by atoms with E-state index in [1.807, 2.05) is 11.8 Å². The number of hydrogen-bond donors (Lipinski definition) is 0. The predicted molar refractivity (Wildman–Crippen MR) is 61.2 cm³/mol. The first-order valence-electron chi connectivity index (χ1n) is 6.10. The lowest BCUT2D eigenvalue weighted by Crippen LogP contribution is -2.58. The van der Waals surface area contributed by atoms with Gasteiger partial charge in [-0.15, -0.1) is 0 Å². The van der Waals surface area contributed by atoms with E-state index in [2.05, 4.69) is 0 Å². The van der Waals surface area contributed by atoms with Gasteiger partial charge in [-0.05, 0) is 44.3 Å². The molecule has 0 unspecified atom stereocenters. The molecule has 2 aliphatic heterocycles. The number of Topliss-reactive ketones (excluding diaryl/α,β-unsaturated/α-hetero) is 1. The highest BCUT2D eigenvalue weighted by Gasteiger charge is 2.61. The Hall–Kier alpha value is -0.0200. The van der Waals surface area contributed by atoms with E-state index in [1.165, 1.54) is 25.0 Å². The minimum absolute atomic E-state index is 0.166. The molecule has 84 valence electrons. The maximum absolute atomic E-state index is 12.2. The van der Waals surface area contributed by atoms with Crippen LogP contribution in [0.5, 0.6) is 0 Å². The maximum Gasteiger partial charge on any atom is 0.166 e. The lowest BCUT2D eigenvalue weighted by atomic mass is 9.70. The van der Waals surface area contributed by atoms with Crippen LogP contribution in [0.4, 0.5) is 0 Å². The molecule has 3 heteroatoms. The van der Waals surface area contributed by atoms with Crippen LogP contribution in [0.1, 0.15) is 44.9 Å². The molecule has 0 N–H and O–H groups in total. The van der Waals surface area contributed by atoms with Gasteiger partial charge in [-0.25, -0.2) is 0 Å². The minimum atomic E-state index is -0.369. The van der Waals surface area contributed by atoms with Crippen molar-refractivity contribution in [2.75, 3.05) is 12.4 Å². The van der Waals surface area contributed by atoms with E-state index in [4.69, 9.17) is 4.74 Å². The highest BCUT2D eigenvalue weighted by molar-refractivity contribution is 8.01. The van der Waals surface area contributed by atoms with E-state index in [0.29, 0.717) is 5.78 Å². The van der Waals surface area contributed by atoms with Crippen molar-refractivity contribution in [3.8, 4) is 0 Å². The molecule has 2 spiro atoms. The van der Waals surface area contributed by atoms with E-state index < -0.39 is 0 Å². The van der Waals surface area contributed by atoms with Gasteiger partial charge < -0.3 is 4.74 Å². The van der Waals surface area contributed by atoms with Gasteiger partial charge in [0.2, 0.25) is 0 Å². The summed E-state index contributed by atoms with van der Waals surface area (Å²) >= 11 is 2.02. The molecule has 0 aromatic heterocycles. The van der Waals surface area contributed by atoms with Crippen molar-refractivity contribution in [3.05, 3.63) is 0 Å². The molecule has 1 saturated carbocycles. The molecule has 2 nitrogen and oxygen atoms in total. The highest BCUT2D eigenvalue weighted by atomic mass is 32.2. The summed E-state index contributed by atoms with van der Waals surface area (Å²) < 4.78 is 6.13. The molecule has 0 amide bonds. The number of ketones is 1. The second-order valence-electron chi connectivity index (χ2n) is 5.00. The summed E-state index contributed by atoms with van der Waals surface area (Å²) in [4.78, 5) is 12.2. The quantitative estimate of drug-likeness (QED) is 0.635. The molecule has 3 rings (SSSR count). The first-order chi connectivity index (χ1) is 7.29. The Balaban J connectivity index is 2.00. The van der Waals surface area contributed by atoms with Crippen molar-refractivity contribution in [3.63, 3.8) is 0 Å². The van der Waals surface area contributed by atoms with Gasteiger partial charge >= 0.3 is 0 Å². The van der Waals surface area contributed by atoms with Crippen LogP contribution in [0.2, 0.25) is 0 Å². The number of thioether (sulfide) groups is 1. The smallest absolute Gasteiger partial charge is 0.166 e. The zero-order chi connectivity index (χ0) is 10.4. The van der Waals surface area contributed by atoms with Crippen LogP contribution in [0, 0.1) is 0 Å². The van der Waals surface area contributed by atoms with Crippen LogP contribution in [0.15, 0.2) is 0 Å². The lowest BCUT2D eigenvalue weighted by Gasteiger charge is -2.47.